The quantitative estimate of drug-likeness (QED) is 0.808. The minimum atomic E-state index is -0.00176. The second-order valence-electron chi connectivity index (χ2n) is 5.77. The van der Waals surface area contributed by atoms with Crippen molar-refractivity contribution in [3.05, 3.63) is 48.0 Å². The van der Waals surface area contributed by atoms with Crippen molar-refractivity contribution in [1.29, 1.82) is 0 Å². The first-order valence-electron chi connectivity index (χ1n) is 7.44. The number of nitrogens with one attached hydrogen (secondary N) is 3. The molecule has 0 radical (unpaired) electrons. The van der Waals surface area contributed by atoms with Crippen LogP contribution in [0.3, 0.4) is 0 Å². The van der Waals surface area contributed by atoms with E-state index in [2.05, 4.69) is 30.0 Å². The van der Waals surface area contributed by atoms with Crippen LogP contribution >= 0.6 is 0 Å². The molecule has 0 bridgehead atoms. The highest BCUT2D eigenvalue weighted by atomic mass is 16.1. The van der Waals surface area contributed by atoms with Crippen molar-refractivity contribution in [2.45, 2.75) is 25.9 Å². The van der Waals surface area contributed by atoms with E-state index in [-0.39, 0.29) is 5.91 Å². The van der Waals surface area contributed by atoms with Crippen LogP contribution in [0, 0.1) is 5.92 Å². The summed E-state index contributed by atoms with van der Waals surface area (Å²) in [5.74, 6) is 0.391. The molecule has 2 aromatic rings. The molecule has 4 heteroatoms. The van der Waals surface area contributed by atoms with Gasteiger partial charge >= 0.3 is 0 Å². The third kappa shape index (κ3) is 2.77. The highest BCUT2D eigenvalue weighted by molar-refractivity contribution is 6.06. The number of hydrogen-bond donors (Lipinski definition) is 3. The second kappa shape index (κ2) is 5.84. The molecule has 4 nitrogen and oxygen atoms in total. The Morgan fingerprint density at radius 3 is 2.48 bits per heavy atom. The van der Waals surface area contributed by atoms with E-state index in [0.29, 0.717) is 24.5 Å². The predicted molar refractivity (Wildman–Crippen MR) is 85.0 cm³/mol. The third-order valence-electron chi connectivity index (χ3n) is 4.36. The lowest BCUT2D eigenvalue weighted by molar-refractivity contribution is 0.0947. The van der Waals surface area contributed by atoms with E-state index in [4.69, 9.17) is 0 Å². The lowest BCUT2D eigenvalue weighted by Crippen LogP contribution is -2.37. The van der Waals surface area contributed by atoms with Gasteiger partial charge in [0.25, 0.3) is 5.91 Å². The van der Waals surface area contributed by atoms with Gasteiger partial charge in [0.15, 0.2) is 0 Å². The van der Waals surface area contributed by atoms with E-state index in [1.54, 1.807) is 0 Å². The lowest BCUT2D eigenvalue weighted by Gasteiger charge is -2.18. The number of fused-ring (bicyclic) bond motifs is 1. The number of rotatable bonds is 3. The van der Waals surface area contributed by atoms with E-state index in [0.717, 1.165) is 16.3 Å². The van der Waals surface area contributed by atoms with Gasteiger partial charge in [0.05, 0.1) is 0 Å². The van der Waals surface area contributed by atoms with Crippen molar-refractivity contribution in [3.8, 4) is 0 Å². The number of hydrogen-bond acceptors (Lipinski definition) is 3. The Morgan fingerprint density at radius 1 is 1.05 bits per heavy atom. The fourth-order valence-electron chi connectivity index (χ4n) is 2.99. The SMILES string of the molecule is CC1NNC(C)C1CNC(=O)c1cccc2ccccc12. The fourth-order valence-corrected chi connectivity index (χ4v) is 2.99. The van der Waals surface area contributed by atoms with E-state index >= 15 is 0 Å². The lowest BCUT2D eigenvalue weighted by atomic mass is 9.96. The van der Waals surface area contributed by atoms with Crippen LogP contribution in [-0.4, -0.2) is 24.5 Å². The van der Waals surface area contributed by atoms with E-state index in [1.807, 2.05) is 42.5 Å². The average Bonchev–Trinajstić information content (AvgIpc) is 2.83. The summed E-state index contributed by atoms with van der Waals surface area (Å²) >= 11 is 0. The van der Waals surface area contributed by atoms with E-state index < -0.39 is 0 Å². The summed E-state index contributed by atoms with van der Waals surface area (Å²) in [7, 11) is 0. The number of hydrazine groups is 1. The zero-order valence-corrected chi connectivity index (χ0v) is 12.4. The van der Waals surface area contributed by atoms with Gasteiger partial charge in [-0.3, -0.25) is 15.6 Å². The van der Waals surface area contributed by atoms with Gasteiger partial charge in [-0.2, -0.15) is 0 Å². The molecule has 2 atom stereocenters. The van der Waals surface area contributed by atoms with Crippen molar-refractivity contribution < 1.29 is 4.79 Å². The Bertz CT molecular complexity index is 640. The summed E-state index contributed by atoms with van der Waals surface area (Å²) < 4.78 is 0. The van der Waals surface area contributed by atoms with Gasteiger partial charge in [-0.15, -0.1) is 0 Å². The average molecular weight is 283 g/mol. The van der Waals surface area contributed by atoms with Crippen LogP contribution < -0.4 is 16.2 Å². The van der Waals surface area contributed by atoms with Gasteiger partial charge in [0, 0.05) is 30.1 Å². The first-order valence-corrected chi connectivity index (χ1v) is 7.44. The Hall–Kier alpha value is -1.91. The van der Waals surface area contributed by atoms with Gasteiger partial charge in [-0.25, -0.2) is 0 Å². The minimum Gasteiger partial charge on any atom is -0.352 e. The summed E-state index contributed by atoms with van der Waals surface area (Å²) in [6.45, 7) is 4.93. The van der Waals surface area contributed by atoms with Crippen LogP contribution in [0.2, 0.25) is 0 Å². The fraction of sp³-hybridized carbons (Fsp3) is 0.353. The smallest absolute Gasteiger partial charge is 0.251 e. The van der Waals surface area contributed by atoms with E-state index in [1.165, 1.54) is 0 Å². The Balaban J connectivity index is 1.75. The molecule has 0 spiro atoms. The summed E-state index contributed by atoms with van der Waals surface area (Å²) in [6, 6.07) is 14.5. The zero-order chi connectivity index (χ0) is 14.8. The Labute approximate surface area is 124 Å². The molecule has 110 valence electrons. The Morgan fingerprint density at radius 2 is 1.71 bits per heavy atom. The molecule has 1 fully saturated rings. The maximum atomic E-state index is 12.5. The predicted octanol–water partition coefficient (Wildman–Crippen LogP) is 2.07. The third-order valence-corrected chi connectivity index (χ3v) is 4.36. The topological polar surface area (TPSA) is 53.2 Å². The van der Waals surface area contributed by atoms with E-state index in [9.17, 15) is 4.79 Å². The molecule has 1 aliphatic rings. The van der Waals surface area contributed by atoms with Crippen molar-refractivity contribution in [1.82, 2.24) is 16.2 Å². The Kier molecular flexibility index (Phi) is 3.90. The maximum Gasteiger partial charge on any atom is 0.251 e. The summed E-state index contributed by atoms with van der Waals surface area (Å²) in [6.07, 6.45) is 0. The molecule has 1 aliphatic heterocycles. The largest absolute Gasteiger partial charge is 0.352 e. The molecular weight excluding hydrogens is 262 g/mol. The second-order valence-corrected chi connectivity index (χ2v) is 5.77. The van der Waals surface area contributed by atoms with Crippen LogP contribution in [-0.2, 0) is 0 Å². The van der Waals surface area contributed by atoms with Crippen LogP contribution in [0.4, 0.5) is 0 Å². The first-order chi connectivity index (χ1) is 10.2. The van der Waals surface area contributed by atoms with Crippen molar-refractivity contribution in [2.24, 2.45) is 5.92 Å². The molecule has 2 aromatic carbocycles. The summed E-state index contributed by atoms with van der Waals surface area (Å²) in [5.41, 5.74) is 7.17. The summed E-state index contributed by atoms with van der Waals surface area (Å²) in [4.78, 5) is 12.5. The highest BCUT2D eigenvalue weighted by Gasteiger charge is 2.29. The van der Waals surface area contributed by atoms with Gasteiger partial charge in [-0.05, 0) is 30.7 Å². The van der Waals surface area contributed by atoms with Crippen LogP contribution in [0.1, 0.15) is 24.2 Å². The molecule has 3 rings (SSSR count). The van der Waals surface area contributed by atoms with Crippen LogP contribution in [0.25, 0.3) is 10.8 Å². The van der Waals surface area contributed by atoms with Gasteiger partial charge in [0.2, 0.25) is 0 Å². The minimum absolute atomic E-state index is 0.00176. The zero-order valence-electron chi connectivity index (χ0n) is 12.4. The van der Waals surface area contributed by atoms with Crippen LogP contribution in [0.15, 0.2) is 42.5 Å². The monoisotopic (exact) mass is 283 g/mol. The molecule has 0 aromatic heterocycles. The molecular formula is C17H21N3O. The molecule has 21 heavy (non-hydrogen) atoms. The number of amides is 1. The number of carbonyl (C=O) groups excluding carboxylic acids is 1. The molecule has 0 saturated carbocycles. The van der Waals surface area contributed by atoms with Crippen molar-refractivity contribution in [3.63, 3.8) is 0 Å². The van der Waals surface area contributed by atoms with Gasteiger partial charge in [-0.1, -0.05) is 36.4 Å². The molecule has 0 aliphatic carbocycles. The molecule has 1 amide bonds. The standard InChI is InChI=1S/C17H21N3O/c1-11-16(12(2)20-19-11)10-18-17(21)15-9-5-7-13-6-3-4-8-14(13)15/h3-9,11-12,16,19-20H,10H2,1-2H3,(H,18,21). The number of carbonyl (C=O) groups is 1. The van der Waals surface area contributed by atoms with Crippen LogP contribution in [0.5, 0.6) is 0 Å². The van der Waals surface area contributed by atoms with Crippen molar-refractivity contribution in [2.75, 3.05) is 6.54 Å². The molecule has 1 heterocycles. The molecule has 3 N–H and O–H groups in total. The van der Waals surface area contributed by atoms with Gasteiger partial charge < -0.3 is 5.32 Å². The number of benzene rings is 2. The highest BCUT2D eigenvalue weighted by Crippen LogP contribution is 2.19. The summed E-state index contributed by atoms with van der Waals surface area (Å²) in [5, 5.41) is 5.17. The molecule has 2 unspecified atom stereocenters. The first kappa shape index (κ1) is 14.0. The van der Waals surface area contributed by atoms with Crippen molar-refractivity contribution >= 4 is 16.7 Å². The normalized spacial score (nSPS) is 25.1. The van der Waals surface area contributed by atoms with Gasteiger partial charge in [0.1, 0.15) is 0 Å². The molecule has 1 saturated heterocycles. The maximum absolute atomic E-state index is 12.5.